The summed E-state index contributed by atoms with van der Waals surface area (Å²) in [5, 5.41) is 11.8. The molecule has 112 valence electrons. The molecule has 1 amide bonds. The molecule has 1 heterocycles. The highest BCUT2D eigenvalue weighted by Gasteiger charge is 2.30. The third kappa shape index (κ3) is 3.74. The first-order valence-corrected chi connectivity index (χ1v) is 7.78. The van der Waals surface area contributed by atoms with E-state index in [-0.39, 0.29) is 11.9 Å². The predicted octanol–water partition coefficient (Wildman–Crippen LogP) is 2.05. The van der Waals surface area contributed by atoms with E-state index in [1.54, 1.807) is 12.1 Å². The van der Waals surface area contributed by atoms with E-state index in [0.717, 1.165) is 16.6 Å². The van der Waals surface area contributed by atoms with Crippen LogP contribution in [-0.2, 0) is 9.53 Å². The second-order valence-corrected chi connectivity index (χ2v) is 5.71. The number of benzene rings is 1. The Balaban J connectivity index is 2.22. The third-order valence-electron chi connectivity index (χ3n) is 3.37. The molecule has 5 nitrogen and oxygen atoms in total. The van der Waals surface area contributed by atoms with Crippen LogP contribution < -0.4 is 10.2 Å². The molecular weight excluding hydrogens is 334 g/mol. The molecule has 1 aliphatic heterocycles. The number of morpholine rings is 1. The minimum absolute atomic E-state index is 0.0205. The van der Waals surface area contributed by atoms with Gasteiger partial charge in [-0.25, -0.2) is 0 Å². The zero-order chi connectivity index (χ0) is 15.2. The van der Waals surface area contributed by atoms with E-state index < -0.39 is 0 Å². The first-order chi connectivity index (χ1) is 10.2. The maximum atomic E-state index is 12.3. The fourth-order valence-corrected chi connectivity index (χ4v) is 2.89. The fourth-order valence-electron chi connectivity index (χ4n) is 2.28. The first-order valence-electron chi connectivity index (χ1n) is 6.99. The van der Waals surface area contributed by atoms with Crippen LogP contribution in [0.1, 0.15) is 18.9 Å². The molecule has 1 fully saturated rings. The van der Waals surface area contributed by atoms with Gasteiger partial charge >= 0.3 is 0 Å². The summed E-state index contributed by atoms with van der Waals surface area (Å²) in [6, 6.07) is 7.17. The molecule has 1 unspecified atom stereocenters. The minimum atomic E-state index is -0.338. The summed E-state index contributed by atoms with van der Waals surface area (Å²) in [6.07, 6.45) is 0.903. The summed E-state index contributed by atoms with van der Waals surface area (Å²) >= 11 is 3.49. The van der Waals surface area contributed by atoms with Crippen LogP contribution in [0.2, 0.25) is 0 Å². The van der Waals surface area contributed by atoms with Crippen molar-refractivity contribution in [3.8, 4) is 6.07 Å². The highest BCUT2D eigenvalue weighted by Crippen LogP contribution is 2.29. The molecule has 1 aromatic rings. The number of rotatable bonds is 4. The molecule has 1 N–H and O–H groups in total. The van der Waals surface area contributed by atoms with Crippen LogP contribution in [0.15, 0.2) is 22.7 Å². The Kier molecular flexibility index (Phi) is 5.59. The lowest BCUT2D eigenvalue weighted by Gasteiger charge is -2.36. The van der Waals surface area contributed by atoms with Gasteiger partial charge in [0.05, 0.1) is 30.5 Å². The third-order valence-corrected chi connectivity index (χ3v) is 4.00. The Morgan fingerprint density at radius 1 is 1.62 bits per heavy atom. The Morgan fingerprint density at radius 3 is 3.10 bits per heavy atom. The summed E-state index contributed by atoms with van der Waals surface area (Å²) < 4.78 is 6.27. The molecule has 0 saturated carbocycles. The summed E-state index contributed by atoms with van der Waals surface area (Å²) in [6.45, 7) is 4.30. The second-order valence-electron chi connectivity index (χ2n) is 4.85. The van der Waals surface area contributed by atoms with Crippen LogP contribution in [0.5, 0.6) is 0 Å². The molecule has 1 saturated heterocycles. The van der Waals surface area contributed by atoms with Crippen molar-refractivity contribution in [3.63, 3.8) is 0 Å². The van der Waals surface area contributed by atoms with Gasteiger partial charge < -0.3 is 15.0 Å². The van der Waals surface area contributed by atoms with E-state index in [0.29, 0.717) is 31.9 Å². The molecule has 1 aromatic carbocycles. The van der Waals surface area contributed by atoms with Gasteiger partial charge in [-0.05, 0) is 40.5 Å². The quantitative estimate of drug-likeness (QED) is 0.901. The lowest BCUT2D eigenvalue weighted by atomic mass is 10.1. The van der Waals surface area contributed by atoms with Gasteiger partial charge in [0.25, 0.3) is 0 Å². The van der Waals surface area contributed by atoms with Crippen molar-refractivity contribution in [1.29, 1.82) is 5.26 Å². The maximum Gasteiger partial charge on any atom is 0.245 e. The van der Waals surface area contributed by atoms with Gasteiger partial charge in [-0.3, -0.25) is 4.79 Å². The van der Waals surface area contributed by atoms with E-state index in [4.69, 9.17) is 10.00 Å². The second kappa shape index (κ2) is 7.43. The number of carbonyl (C=O) groups is 1. The van der Waals surface area contributed by atoms with E-state index in [9.17, 15) is 4.79 Å². The zero-order valence-corrected chi connectivity index (χ0v) is 13.5. The Morgan fingerprint density at radius 2 is 2.43 bits per heavy atom. The number of hydrogen-bond donors (Lipinski definition) is 1. The number of anilines is 1. The smallest absolute Gasteiger partial charge is 0.245 e. The normalized spacial score (nSPS) is 18.1. The molecule has 1 aliphatic rings. The largest absolute Gasteiger partial charge is 0.377 e. The van der Waals surface area contributed by atoms with E-state index in [1.807, 2.05) is 17.9 Å². The SMILES string of the molecule is CCCNC(=O)C1COCCN1c1ccc(C#N)cc1Br. The summed E-state index contributed by atoms with van der Waals surface area (Å²) in [4.78, 5) is 14.3. The number of carbonyl (C=O) groups excluding carboxylic acids is 1. The molecule has 0 spiro atoms. The maximum absolute atomic E-state index is 12.3. The van der Waals surface area contributed by atoms with Gasteiger partial charge in [-0.15, -0.1) is 0 Å². The number of nitrogens with one attached hydrogen (secondary N) is 1. The van der Waals surface area contributed by atoms with E-state index in [1.165, 1.54) is 0 Å². The molecule has 0 aromatic heterocycles. The fraction of sp³-hybridized carbons (Fsp3) is 0.467. The Bertz CT molecular complexity index is 556. The summed E-state index contributed by atoms with van der Waals surface area (Å²) in [5.74, 6) is -0.0205. The molecule has 2 rings (SSSR count). The minimum Gasteiger partial charge on any atom is -0.377 e. The van der Waals surface area contributed by atoms with Crippen LogP contribution >= 0.6 is 15.9 Å². The first kappa shape index (κ1) is 15.8. The molecule has 0 aliphatic carbocycles. The summed E-state index contributed by atoms with van der Waals surface area (Å²) in [5.41, 5.74) is 1.50. The number of halogens is 1. The van der Waals surface area contributed by atoms with E-state index >= 15 is 0 Å². The van der Waals surface area contributed by atoms with Crippen LogP contribution in [0.25, 0.3) is 0 Å². The van der Waals surface area contributed by atoms with Crippen molar-refractivity contribution < 1.29 is 9.53 Å². The van der Waals surface area contributed by atoms with Crippen LogP contribution in [0.4, 0.5) is 5.69 Å². The highest BCUT2D eigenvalue weighted by atomic mass is 79.9. The highest BCUT2D eigenvalue weighted by molar-refractivity contribution is 9.10. The van der Waals surface area contributed by atoms with Gasteiger partial charge in [0, 0.05) is 17.6 Å². The Labute approximate surface area is 133 Å². The number of ether oxygens (including phenoxy) is 1. The summed E-state index contributed by atoms with van der Waals surface area (Å²) in [7, 11) is 0. The van der Waals surface area contributed by atoms with Crippen molar-refractivity contribution in [2.75, 3.05) is 31.2 Å². The van der Waals surface area contributed by atoms with Crippen LogP contribution in [0, 0.1) is 11.3 Å². The number of nitriles is 1. The topological polar surface area (TPSA) is 65.4 Å². The molecule has 0 bridgehead atoms. The van der Waals surface area contributed by atoms with Gasteiger partial charge in [0.1, 0.15) is 6.04 Å². The average molecular weight is 352 g/mol. The molecule has 1 atom stereocenters. The molecule has 0 radical (unpaired) electrons. The van der Waals surface area contributed by atoms with Gasteiger partial charge in [-0.1, -0.05) is 6.92 Å². The van der Waals surface area contributed by atoms with Gasteiger partial charge in [0.2, 0.25) is 5.91 Å². The molecular formula is C15H18BrN3O2. The Hall–Kier alpha value is -1.58. The van der Waals surface area contributed by atoms with Crippen molar-refractivity contribution in [1.82, 2.24) is 5.32 Å². The van der Waals surface area contributed by atoms with Gasteiger partial charge in [-0.2, -0.15) is 5.26 Å². The van der Waals surface area contributed by atoms with Crippen molar-refractivity contribution in [3.05, 3.63) is 28.2 Å². The van der Waals surface area contributed by atoms with Crippen LogP contribution in [-0.4, -0.2) is 38.3 Å². The lowest BCUT2D eigenvalue weighted by Crippen LogP contribution is -2.54. The standard InChI is InChI=1S/C15H18BrN3O2/c1-2-5-18-15(20)14-10-21-7-6-19(14)13-4-3-11(9-17)8-12(13)16/h3-4,8,14H,2,5-7,10H2,1H3,(H,18,20). The monoisotopic (exact) mass is 351 g/mol. The number of amides is 1. The number of hydrogen-bond acceptors (Lipinski definition) is 4. The van der Waals surface area contributed by atoms with E-state index in [2.05, 4.69) is 27.3 Å². The van der Waals surface area contributed by atoms with Crippen molar-refractivity contribution in [2.24, 2.45) is 0 Å². The number of nitrogens with zero attached hydrogens (tertiary/aromatic N) is 2. The van der Waals surface area contributed by atoms with Gasteiger partial charge in [0.15, 0.2) is 0 Å². The zero-order valence-electron chi connectivity index (χ0n) is 11.9. The predicted molar refractivity (Wildman–Crippen MR) is 84.1 cm³/mol. The average Bonchev–Trinajstić information content (AvgIpc) is 2.52. The molecule has 21 heavy (non-hydrogen) atoms. The molecule has 6 heteroatoms. The van der Waals surface area contributed by atoms with Crippen molar-refractivity contribution in [2.45, 2.75) is 19.4 Å². The van der Waals surface area contributed by atoms with Crippen LogP contribution in [0.3, 0.4) is 0 Å². The lowest BCUT2D eigenvalue weighted by molar-refractivity contribution is -0.124. The van der Waals surface area contributed by atoms with Crippen molar-refractivity contribution >= 4 is 27.5 Å².